The van der Waals surface area contributed by atoms with E-state index < -0.39 is 0 Å². The molecule has 1 aromatic rings. The van der Waals surface area contributed by atoms with Gasteiger partial charge in [-0.05, 0) is 30.0 Å². The molecule has 2 atom stereocenters. The summed E-state index contributed by atoms with van der Waals surface area (Å²) in [6.07, 6.45) is 0.927. The molecule has 0 aromatic heterocycles. The molecule has 1 fully saturated rings. The first kappa shape index (κ1) is 17.4. The summed E-state index contributed by atoms with van der Waals surface area (Å²) in [7, 11) is 0. The van der Waals surface area contributed by atoms with Gasteiger partial charge in [-0.2, -0.15) is 0 Å². The number of nitrogens with zero attached hydrogens (tertiary/aromatic N) is 1. The summed E-state index contributed by atoms with van der Waals surface area (Å²) in [5, 5.41) is 2.98. The Kier molecular flexibility index (Phi) is 5.74. The maximum atomic E-state index is 13.1. The van der Waals surface area contributed by atoms with Crippen molar-refractivity contribution in [3.05, 3.63) is 35.6 Å². The first-order valence-corrected chi connectivity index (χ1v) is 8.17. The van der Waals surface area contributed by atoms with Gasteiger partial charge >= 0.3 is 0 Å². The number of rotatable bonds is 5. The molecule has 1 aliphatic heterocycles. The van der Waals surface area contributed by atoms with E-state index in [0.29, 0.717) is 25.6 Å². The molecule has 126 valence electrons. The average Bonchev–Trinajstić information content (AvgIpc) is 2.93. The molecule has 2 amide bonds. The number of carbonyl (C=O) groups is 2. The van der Waals surface area contributed by atoms with Crippen LogP contribution >= 0.6 is 0 Å². The zero-order valence-electron chi connectivity index (χ0n) is 14.0. The Hall–Kier alpha value is -1.91. The first-order chi connectivity index (χ1) is 10.9. The van der Waals surface area contributed by atoms with E-state index in [2.05, 4.69) is 19.2 Å². The second kappa shape index (κ2) is 7.57. The first-order valence-electron chi connectivity index (χ1n) is 8.17. The Morgan fingerprint density at radius 3 is 2.48 bits per heavy atom. The fourth-order valence-electron chi connectivity index (χ4n) is 2.99. The second-order valence-corrected chi connectivity index (χ2v) is 6.66. The summed E-state index contributed by atoms with van der Waals surface area (Å²) >= 11 is 0. The number of carbonyl (C=O) groups excluding carboxylic acids is 2. The Morgan fingerprint density at radius 1 is 1.26 bits per heavy atom. The van der Waals surface area contributed by atoms with Gasteiger partial charge in [0.15, 0.2) is 0 Å². The fourth-order valence-corrected chi connectivity index (χ4v) is 2.99. The second-order valence-electron chi connectivity index (χ2n) is 6.66. The SMILES string of the molecule is CC(=O)N1C[C@@H](C(=O)NCCC(C)C)[C@H](c2ccc(F)cc2)C1. The normalized spacial score (nSPS) is 20.8. The van der Waals surface area contributed by atoms with Crippen LogP contribution in [0.1, 0.15) is 38.7 Å². The van der Waals surface area contributed by atoms with Crippen LogP contribution in [0.3, 0.4) is 0 Å². The lowest BCUT2D eigenvalue weighted by atomic mass is 9.88. The summed E-state index contributed by atoms with van der Waals surface area (Å²) in [6, 6.07) is 6.22. The Labute approximate surface area is 137 Å². The lowest BCUT2D eigenvalue weighted by Crippen LogP contribution is -2.36. The molecule has 0 saturated carbocycles. The average molecular weight is 320 g/mol. The van der Waals surface area contributed by atoms with Crippen molar-refractivity contribution < 1.29 is 14.0 Å². The summed E-state index contributed by atoms with van der Waals surface area (Å²) in [5.74, 6) is -0.193. The third-order valence-corrected chi connectivity index (χ3v) is 4.42. The van der Waals surface area contributed by atoms with Crippen molar-refractivity contribution in [3.8, 4) is 0 Å². The van der Waals surface area contributed by atoms with Gasteiger partial charge in [0, 0.05) is 32.5 Å². The van der Waals surface area contributed by atoms with Gasteiger partial charge in [0.2, 0.25) is 11.8 Å². The smallest absolute Gasteiger partial charge is 0.225 e. The van der Waals surface area contributed by atoms with Gasteiger partial charge in [0.1, 0.15) is 5.82 Å². The van der Waals surface area contributed by atoms with E-state index in [4.69, 9.17) is 0 Å². The van der Waals surface area contributed by atoms with Crippen LogP contribution in [0.2, 0.25) is 0 Å². The lowest BCUT2D eigenvalue weighted by Gasteiger charge is -2.18. The van der Waals surface area contributed by atoms with Crippen LogP contribution in [0.15, 0.2) is 24.3 Å². The predicted molar refractivity (Wildman–Crippen MR) is 87.3 cm³/mol. The summed E-state index contributed by atoms with van der Waals surface area (Å²) in [4.78, 5) is 25.9. The molecule has 0 unspecified atom stereocenters. The number of nitrogens with one attached hydrogen (secondary N) is 1. The van der Waals surface area contributed by atoms with Crippen LogP contribution in [0, 0.1) is 17.7 Å². The van der Waals surface area contributed by atoms with Crippen LogP contribution in [-0.2, 0) is 9.59 Å². The topological polar surface area (TPSA) is 49.4 Å². The van der Waals surface area contributed by atoms with Crippen molar-refractivity contribution in [2.45, 2.75) is 33.1 Å². The third-order valence-electron chi connectivity index (χ3n) is 4.42. The van der Waals surface area contributed by atoms with E-state index in [0.717, 1.165) is 12.0 Å². The van der Waals surface area contributed by atoms with E-state index in [1.807, 2.05) is 0 Å². The summed E-state index contributed by atoms with van der Waals surface area (Å²) in [5.41, 5.74) is 0.902. The zero-order valence-corrected chi connectivity index (χ0v) is 14.0. The van der Waals surface area contributed by atoms with Gasteiger partial charge in [-0.1, -0.05) is 26.0 Å². The largest absolute Gasteiger partial charge is 0.356 e. The van der Waals surface area contributed by atoms with Crippen LogP contribution in [-0.4, -0.2) is 36.3 Å². The molecular formula is C18H25FN2O2. The van der Waals surface area contributed by atoms with E-state index >= 15 is 0 Å². The van der Waals surface area contributed by atoms with Crippen LogP contribution in [0.4, 0.5) is 4.39 Å². The maximum Gasteiger partial charge on any atom is 0.225 e. The Bertz CT molecular complexity index is 557. The van der Waals surface area contributed by atoms with Gasteiger partial charge in [-0.15, -0.1) is 0 Å². The molecule has 0 aliphatic carbocycles. The molecule has 1 saturated heterocycles. The summed E-state index contributed by atoms with van der Waals surface area (Å²) < 4.78 is 13.1. The number of amides is 2. The van der Waals surface area contributed by atoms with Gasteiger partial charge in [0.25, 0.3) is 0 Å². The van der Waals surface area contributed by atoms with E-state index in [-0.39, 0.29) is 29.5 Å². The number of hydrogen-bond acceptors (Lipinski definition) is 2. The molecule has 1 aliphatic rings. The third kappa shape index (κ3) is 4.53. The minimum absolute atomic E-state index is 0.0243. The number of benzene rings is 1. The van der Waals surface area contributed by atoms with Crippen molar-refractivity contribution in [2.24, 2.45) is 11.8 Å². The minimum atomic E-state index is -0.298. The number of hydrogen-bond donors (Lipinski definition) is 1. The fraction of sp³-hybridized carbons (Fsp3) is 0.556. The minimum Gasteiger partial charge on any atom is -0.356 e. The van der Waals surface area contributed by atoms with Crippen molar-refractivity contribution in [1.29, 1.82) is 0 Å². The quantitative estimate of drug-likeness (QED) is 0.906. The van der Waals surface area contributed by atoms with Crippen molar-refractivity contribution >= 4 is 11.8 Å². The van der Waals surface area contributed by atoms with Crippen LogP contribution < -0.4 is 5.32 Å². The highest BCUT2D eigenvalue weighted by Crippen LogP contribution is 2.33. The molecule has 5 heteroatoms. The number of likely N-dealkylation sites (tertiary alicyclic amines) is 1. The lowest BCUT2D eigenvalue weighted by molar-refractivity contribution is -0.128. The molecule has 0 spiro atoms. The number of halogens is 1. The summed E-state index contributed by atoms with van der Waals surface area (Å²) in [6.45, 7) is 7.30. The monoisotopic (exact) mass is 320 g/mol. The molecule has 0 radical (unpaired) electrons. The van der Waals surface area contributed by atoms with Crippen molar-refractivity contribution in [1.82, 2.24) is 10.2 Å². The standard InChI is InChI=1S/C18H25FN2O2/c1-12(2)8-9-20-18(23)17-11-21(13(3)22)10-16(17)14-4-6-15(19)7-5-14/h4-7,12,16-17H,8-11H2,1-3H3,(H,20,23)/t16-,17+/m0/s1. The zero-order chi connectivity index (χ0) is 17.0. The molecule has 23 heavy (non-hydrogen) atoms. The molecule has 2 rings (SSSR count). The molecule has 1 heterocycles. The molecular weight excluding hydrogens is 295 g/mol. The van der Waals surface area contributed by atoms with Gasteiger partial charge in [-0.3, -0.25) is 9.59 Å². The molecule has 4 nitrogen and oxygen atoms in total. The predicted octanol–water partition coefficient (Wildman–Crippen LogP) is 2.55. The maximum absolute atomic E-state index is 13.1. The Balaban J connectivity index is 2.11. The molecule has 0 bridgehead atoms. The van der Waals surface area contributed by atoms with Gasteiger partial charge in [0.05, 0.1) is 5.92 Å². The van der Waals surface area contributed by atoms with Crippen molar-refractivity contribution in [2.75, 3.05) is 19.6 Å². The van der Waals surface area contributed by atoms with Crippen molar-refractivity contribution in [3.63, 3.8) is 0 Å². The van der Waals surface area contributed by atoms with Crippen LogP contribution in [0.25, 0.3) is 0 Å². The van der Waals surface area contributed by atoms with Gasteiger partial charge in [-0.25, -0.2) is 4.39 Å². The van der Waals surface area contributed by atoms with E-state index in [1.165, 1.54) is 19.1 Å². The highest BCUT2D eigenvalue weighted by molar-refractivity contribution is 5.82. The molecule has 1 N–H and O–H groups in total. The van der Waals surface area contributed by atoms with E-state index in [9.17, 15) is 14.0 Å². The highest BCUT2D eigenvalue weighted by Gasteiger charge is 2.39. The molecule has 1 aromatic carbocycles. The highest BCUT2D eigenvalue weighted by atomic mass is 19.1. The Morgan fingerprint density at radius 2 is 1.91 bits per heavy atom. The van der Waals surface area contributed by atoms with Crippen LogP contribution in [0.5, 0.6) is 0 Å². The van der Waals surface area contributed by atoms with Gasteiger partial charge < -0.3 is 10.2 Å². The van der Waals surface area contributed by atoms with E-state index in [1.54, 1.807) is 17.0 Å².